The van der Waals surface area contributed by atoms with Gasteiger partial charge in [0, 0.05) is 37.7 Å². The topological polar surface area (TPSA) is 98.6 Å². The van der Waals surface area contributed by atoms with E-state index in [2.05, 4.69) is 15.0 Å². The Morgan fingerprint density at radius 3 is 2.56 bits per heavy atom. The first kappa shape index (κ1) is 22.6. The highest BCUT2D eigenvalue weighted by atomic mass is 19.1. The first-order valence-corrected chi connectivity index (χ1v) is 11.8. The number of halogens is 1. The lowest BCUT2D eigenvalue weighted by atomic mass is 9.93. The number of aryl methyl sites for hydroxylation is 1. The number of carbonyl (C=O) groups excluding carboxylic acids is 1. The maximum Gasteiger partial charge on any atom is 0.409 e. The minimum absolute atomic E-state index is 0.111. The van der Waals surface area contributed by atoms with Crippen molar-refractivity contribution in [1.82, 2.24) is 29.1 Å². The molecule has 5 rings (SSSR count). The largest absolute Gasteiger partial charge is 0.453 e. The second kappa shape index (κ2) is 9.21. The molecule has 182 valence electrons. The summed E-state index contributed by atoms with van der Waals surface area (Å²) in [6.45, 7) is 5.56. The van der Waals surface area contributed by atoms with E-state index in [0.717, 1.165) is 38.8 Å². The minimum atomic E-state index is -0.428. The monoisotopic (exact) mass is 472 g/mol. The SMILES string of the molecule is CCn1c(=O)n(-c2noc(C3CCN(C4CCN(C(=O)OC)CC4)CC3)n2)c2cc(F)ccc21. The number of rotatable bonds is 4. The van der Waals surface area contributed by atoms with Gasteiger partial charge in [0.2, 0.25) is 5.89 Å². The normalized spacial score (nSPS) is 18.6. The van der Waals surface area contributed by atoms with Gasteiger partial charge in [-0.05, 0) is 63.0 Å². The second-order valence-corrected chi connectivity index (χ2v) is 8.93. The third kappa shape index (κ3) is 3.97. The molecule has 2 aliphatic heterocycles. The molecule has 2 aromatic heterocycles. The molecule has 2 fully saturated rings. The van der Waals surface area contributed by atoms with E-state index >= 15 is 0 Å². The smallest absolute Gasteiger partial charge is 0.409 e. The molecule has 34 heavy (non-hydrogen) atoms. The number of ether oxygens (including phenoxy) is 1. The zero-order valence-corrected chi connectivity index (χ0v) is 19.4. The van der Waals surface area contributed by atoms with Crippen LogP contribution in [-0.4, -0.2) is 74.5 Å². The highest BCUT2D eigenvalue weighted by Gasteiger charge is 2.32. The molecule has 3 aromatic rings. The Kier molecular flexibility index (Phi) is 6.11. The lowest BCUT2D eigenvalue weighted by Gasteiger charge is -2.40. The van der Waals surface area contributed by atoms with Crippen LogP contribution in [0, 0.1) is 5.82 Å². The number of piperidine rings is 2. The van der Waals surface area contributed by atoms with Crippen molar-refractivity contribution in [3.05, 3.63) is 40.4 Å². The predicted molar refractivity (Wildman–Crippen MR) is 122 cm³/mol. The highest BCUT2D eigenvalue weighted by Crippen LogP contribution is 2.30. The third-order valence-corrected chi connectivity index (χ3v) is 7.13. The van der Waals surface area contributed by atoms with Gasteiger partial charge in [0.1, 0.15) is 5.82 Å². The number of nitrogens with zero attached hydrogens (tertiary/aromatic N) is 6. The molecule has 0 N–H and O–H groups in total. The summed E-state index contributed by atoms with van der Waals surface area (Å²) >= 11 is 0. The Balaban J connectivity index is 1.28. The number of hydrogen-bond donors (Lipinski definition) is 0. The zero-order valence-electron chi connectivity index (χ0n) is 19.4. The van der Waals surface area contributed by atoms with Crippen LogP contribution >= 0.6 is 0 Å². The Hall–Kier alpha value is -3.21. The van der Waals surface area contributed by atoms with E-state index in [-0.39, 0.29) is 23.6 Å². The maximum absolute atomic E-state index is 13.9. The van der Waals surface area contributed by atoms with Crippen LogP contribution in [0.1, 0.15) is 44.4 Å². The number of fused-ring (bicyclic) bond motifs is 1. The fraction of sp³-hybridized carbons (Fsp3) is 0.565. The van der Waals surface area contributed by atoms with Gasteiger partial charge in [-0.3, -0.25) is 4.57 Å². The summed E-state index contributed by atoms with van der Waals surface area (Å²) in [5.41, 5.74) is 0.739. The molecule has 0 spiro atoms. The number of imidazole rings is 1. The van der Waals surface area contributed by atoms with Crippen molar-refractivity contribution in [1.29, 1.82) is 0 Å². The lowest BCUT2D eigenvalue weighted by Crippen LogP contribution is -2.48. The van der Waals surface area contributed by atoms with Crippen LogP contribution in [0.2, 0.25) is 0 Å². The van der Waals surface area contributed by atoms with Crippen molar-refractivity contribution in [3.8, 4) is 5.95 Å². The van der Waals surface area contributed by atoms with Crippen LogP contribution in [0.25, 0.3) is 17.0 Å². The Labute approximate surface area is 195 Å². The van der Waals surface area contributed by atoms with E-state index in [4.69, 9.17) is 9.26 Å². The summed E-state index contributed by atoms with van der Waals surface area (Å²) in [5.74, 6) is 0.332. The van der Waals surface area contributed by atoms with Crippen LogP contribution < -0.4 is 5.69 Å². The average Bonchev–Trinajstić information content (AvgIpc) is 3.45. The quantitative estimate of drug-likeness (QED) is 0.576. The molecule has 0 unspecified atom stereocenters. The number of carbonyl (C=O) groups is 1. The average molecular weight is 473 g/mol. The van der Waals surface area contributed by atoms with Gasteiger partial charge < -0.3 is 19.1 Å². The van der Waals surface area contributed by atoms with Gasteiger partial charge in [0.25, 0.3) is 5.95 Å². The van der Waals surface area contributed by atoms with Crippen LogP contribution in [0.5, 0.6) is 0 Å². The van der Waals surface area contributed by atoms with Gasteiger partial charge in [0.15, 0.2) is 0 Å². The van der Waals surface area contributed by atoms with Crippen molar-refractivity contribution in [2.45, 2.75) is 51.1 Å². The van der Waals surface area contributed by atoms with Crippen molar-refractivity contribution >= 4 is 17.1 Å². The summed E-state index contributed by atoms with van der Waals surface area (Å²) in [6.07, 6.45) is 3.36. The molecule has 1 amide bonds. The van der Waals surface area contributed by atoms with Crippen molar-refractivity contribution in [2.24, 2.45) is 0 Å². The van der Waals surface area contributed by atoms with Gasteiger partial charge in [-0.2, -0.15) is 4.98 Å². The minimum Gasteiger partial charge on any atom is -0.453 e. The predicted octanol–water partition coefficient (Wildman–Crippen LogP) is 2.74. The summed E-state index contributed by atoms with van der Waals surface area (Å²) in [4.78, 5) is 33.4. The van der Waals surface area contributed by atoms with E-state index in [0.29, 0.717) is 42.6 Å². The highest BCUT2D eigenvalue weighted by molar-refractivity contribution is 5.77. The molecule has 2 aliphatic rings. The van der Waals surface area contributed by atoms with E-state index < -0.39 is 5.82 Å². The zero-order chi connectivity index (χ0) is 23.8. The molecule has 1 aromatic carbocycles. The number of likely N-dealkylation sites (tertiary alicyclic amines) is 2. The van der Waals surface area contributed by atoms with Crippen molar-refractivity contribution < 1.29 is 18.4 Å². The van der Waals surface area contributed by atoms with E-state index in [9.17, 15) is 14.0 Å². The Morgan fingerprint density at radius 2 is 1.88 bits per heavy atom. The Bertz CT molecular complexity index is 1230. The van der Waals surface area contributed by atoms with E-state index in [1.54, 1.807) is 15.5 Å². The van der Waals surface area contributed by atoms with Gasteiger partial charge in [-0.25, -0.2) is 18.5 Å². The molecule has 4 heterocycles. The van der Waals surface area contributed by atoms with E-state index in [1.165, 1.54) is 23.8 Å². The van der Waals surface area contributed by atoms with E-state index in [1.807, 2.05) is 6.92 Å². The third-order valence-electron chi connectivity index (χ3n) is 7.13. The number of hydrogen-bond acceptors (Lipinski definition) is 7. The maximum atomic E-state index is 13.9. The molecule has 0 radical (unpaired) electrons. The van der Waals surface area contributed by atoms with Crippen LogP contribution in [0.3, 0.4) is 0 Å². The first-order chi connectivity index (χ1) is 16.5. The summed E-state index contributed by atoms with van der Waals surface area (Å²) in [6, 6.07) is 4.71. The second-order valence-electron chi connectivity index (χ2n) is 8.93. The molecule has 0 atom stereocenters. The number of amides is 1. The summed E-state index contributed by atoms with van der Waals surface area (Å²) in [5, 5.41) is 4.07. The molecule has 0 bridgehead atoms. The summed E-state index contributed by atoms with van der Waals surface area (Å²) in [7, 11) is 1.42. The van der Waals surface area contributed by atoms with Crippen molar-refractivity contribution in [3.63, 3.8) is 0 Å². The molecular weight excluding hydrogens is 443 g/mol. The summed E-state index contributed by atoms with van der Waals surface area (Å²) < 4.78 is 27.2. The molecule has 0 saturated carbocycles. The number of methoxy groups -OCH3 is 1. The lowest BCUT2D eigenvalue weighted by molar-refractivity contribution is 0.0712. The Morgan fingerprint density at radius 1 is 1.15 bits per heavy atom. The van der Waals surface area contributed by atoms with Crippen molar-refractivity contribution in [2.75, 3.05) is 33.3 Å². The first-order valence-electron chi connectivity index (χ1n) is 11.8. The fourth-order valence-corrected chi connectivity index (χ4v) is 5.27. The van der Waals surface area contributed by atoms with Crippen LogP contribution in [-0.2, 0) is 11.3 Å². The fourth-order valence-electron chi connectivity index (χ4n) is 5.27. The molecule has 11 heteroatoms. The van der Waals surface area contributed by atoms with Gasteiger partial charge in [0.05, 0.1) is 18.1 Å². The molecule has 2 saturated heterocycles. The number of benzene rings is 1. The van der Waals surface area contributed by atoms with Crippen LogP contribution in [0.4, 0.5) is 9.18 Å². The van der Waals surface area contributed by atoms with Gasteiger partial charge >= 0.3 is 11.8 Å². The van der Waals surface area contributed by atoms with Gasteiger partial charge in [-0.1, -0.05) is 0 Å². The van der Waals surface area contributed by atoms with Crippen LogP contribution in [0.15, 0.2) is 27.5 Å². The molecule has 10 nitrogen and oxygen atoms in total. The molecular formula is C23H29FN6O4. The standard InChI is InChI=1S/C23H29FN6O4/c1-3-29-18-5-4-16(24)14-19(18)30(22(29)31)21-25-20(34-26-21)15-6-10-27(11-7-15)17-8-12-28(13-9-17)23(32)33-2/h4-5,14-15,17H,3,6-13H2,1-2H3. The van der Waals surface area contributed by atoms with Gasteiger partial charge in [-0.15, -0.1) is 0 Å². The number of aromatic nitrogens is 4. The molecule has 0 aliphatic carbocycles.